The van der Waals surface area contributed by atoms with Crippen molar-refractivity contribution in [3.05, 3.63) is 59.7 Å². The van der Waals surface area contributed by atoms with Gasteiger partial charge in [0, 0.05) is 38.4 Å². The maximum atomic E-state index is 12.9. The van der Waals surface area contributed by atoms with Crippen LogP contribution in [0.15, 0.2) is 53.4 Å². The Kier molecular flexibility index (Phi) is 5.26. The molecule has 0 N–H and O–H groups in total. The van der Waals surface area contributed by atoms with Crippen LogP contribution in [0.3, 0.4) is 0 Å². The molecule has 1 amide bonds. The fraction of sp³-hybridized carbons (Fsp3) is 0.333. The van der Waals surface area contributed by atoms with Gasteiger partial charge in [-0.25, -0.2) is 8.42 Å². The van der Waals surface area contributed by atoms with Crippen LogP contribution < -0.4 is 4.90 Å². The zero-order valence-electron chi connectivity index (χ0n) is 16.0. The van der Waals surface area contributed by atoms with Crippen molar-refractivity contribution in [2.45, 2.75) is 11.3 Å². The van der Waals surface area contributed by atoms with Crippen LogP contribution in [0.5, 0.6) is 0 Å². The van der Waals surface area contributed by atoms with Crippen LogP contribution in [0, 0.1) is 11.3 Å². The number of nitrogens with zero attached hydrogens (tertiary/aromatic N) is 4. The molecule has 0 bridgehead atoms. The van der Waals surface area contributed by atoms with Gasteiger partial charge in [0.15, 0.2) is 0 Å². The Morgan fingerprint density at radius 1 is 0.966 bits per heavy atom. The molecular formula is C21H22N4O3S. The van der Waals surface area contributed by atoms with Gasteiger partial charge in [-0.2, -0.15) is 9.57 Å². The first kappa shape index (κ1) is 19.4. The Morgan fingerprint density at radius 3 is 2.41 bits per heavy atom. The molecule has 0 saturated carbocycles. The average Bonchev–Trinajstić information content (AvgIpc) is 3.16. The van der Waals surface area contributed by atoms with Crippen LogP contribution in [0.1, 0.15) is 11.1 Å². The van der Waals surface area contributed by atoms with Crippen molar-refractivity contribution in [3.8, 4) is 6.07 Å². The summed E-state index contributed by atoms with van der Waals surface area (Å²) in [5.74, 6) is 0.0103. The number of benzene rings is 2. The first-order valence-corrected chi connectivity index (χ1v) is 11.0. The Hall–Kier alpha value is -2.89. The van der Waals surface area contributed by atoms with E-state index in [-0.39, 0.29) is 29.5 Å². The van der Waals surface area contributed by atoms with E-state index in [9.17, 15) is 18.5 Å². The van der Waals surface area contributed by atoms with E-state index in [0.717, 1.165) is 18.7 Å². The minimum absolute atomic E-state index is 0.0103. The van der Waals surface area contributed by atoms with Crippen molar-refractivity contribution in [1.82, 2.24) is 9.21 Å². The fourth-order valence-corrected chi connectivity index (χ4v) is 5.50. The lowest BCUT2D eigenvalue weighted by Crippen LogP contribution is -2.52. The number of carbonyl (C=O) groups is 1. The van der Waals surface area contributed by atoms with Crippen molar-refractivity contribution in [1.29, 1.82) is 5.26 Å². The van der Waals surface area contributed by atoms with Crippen molar-refractivity contribution in [2.75, 3.05) is 44.2 Å². The lowest BCUT2D eigenvalue weighted by atomic mass is 10.2. The van der Waals surface area contributed by atoms with E-state index < -0.39 is 10.0 Å². The molecule has 2 aromatic carbocycles. The molecule has 2 aliphatic rings. The van der Waals surface area contributed by atoms with Crippen molar-refractivity contribution < 1.29 is 13.2 Å². The van der Waals surface area contributed by atoms with Crippen LogP contribution in [0.2, 0.25) is 0 Å². The zero-order chi connectivity index (χ0) is 20.4. The number of carbonyl (C=O) groups excluding carboxylic acids is 1. The number of fused-ring (bicyclic) bond motifs is 1. The zero-order valence-corrected chi connectivity index (χ0v) is 16.8. The largest absolute Gasteiger partial charge is 0.362 e. The molecule has 7 nitrogen and oxygen atoms in total. The topological polar surface area (TPSA) is 84.7 Å². The number of sulfonamides is 1. The Morgan fingerprint density at radius 2 is 1.66 bits per heavy atom. The SMILES string of the molecule is N#Cc1ccccc1S(=O)(=O)N1CCN(C(=O)CN2CCc3ccccc32)CC1. The molecule has 0 radical (unpaired) electrons. The molecule has 4 rings (SSSR count). The number of hydrogen-bond donors (Lipinski definition) is 0. The fourth-order valence-electron chi connectivity index (χ4n) is 3.93. The van der Waals surface area contributed by atoms with Crippen LogP contribution in [0.25, 0.3) is 0 Å². The first-order valence-electron chi connectivity index (χ1n) is 9.60. The third-order valence-electron chi connectivity index (χ3n) is 5.53. The van der Waals surface area contributed by atoms with Gasteiger partial charge in [-0.05, 0) is 30.2 Å². The van der Waals surface area contributed by atoms with Gasteiger partial charge < -0.3 is 9.80 Å². The van der Waals surface area contributed by atoms with Gasteiger partial charge in [0.25, 0.3) is 0 Å². The van der Waals surface area contributed by atoms with Crippen LogP contribution in [-0.4, -0.2) is 62.8 Å². The van der Waals surface area contributed by atoms with E-state index in [0.29, 0.717) is 19.6 Å². The number of anilines is 1. The summed E-state index contributed by atoms with van der Waals surface area (Å²) in [6.07, 6.45) is 0.938. The van der Waals surface area contributed by atoms with Crippen molar-refractivity contribution in [3.63, 3.8) is 0 Å². The number of piperazine rings is 1. The van der Waals surface area contributed by atoms with Gasteiger partial charge in [0.1, 0.15) is 6.07 Å². The van der Waals surface area contributed by atoms with E-state index in [1.54, 1.807) is 17.0 Å². The molecule has 8 heteroatoms. The second-order valence-corrected chi connectivity index (χ2v) is 9.10. The summed E-state index contributed by atoms with van der Waals surface area (Å²) in [4.78, 5) is 16.6. The van der Waals surface area contributed by atoms with Gasteiger partial charge >= 0.3 is 0 Å². The molecule has 0 aromatic heterocycles. The summed E-state index contributed by atoms with van der Waals surface area (Å²) in [6.45, 7) is 2.28. The molecule has 150 valence electrons. The van der Waals surface area contributed by atoms with E-state index in [4.69, 9.17) is 0 Å². The Balaban J connectivity index is 1.39. The summed E-state index contributed by atoms with van der Waals surface area (Å²) in [6, 6.07) is 16.3. The minimum atomic E-state index is -3.75. The molecule has 29 heavy (non-hydrogen) atoms. The van der Waals surface area contributed by atoms with E-state index in [1.807, 2.05) is 24.3 Å². The van der Waals surface area contributed by atoms with E-state index >= 15 is 0 Å². The number of nitriles is 1. The summed E-state index contributed by atoms with van der Waals surface area (Å²) in [5.41, 5.74) is 2.50. The van der Waals surface area contributed by atoms with Gasteiger partial charge in [-0.1, -0.05) is 30.3 Å². The maximum Gasteiger partial charge on any atom is 0.244 e. The quantitative estimate of drug-likeness (QED) is 0.762. The third-order valence-corrected chi connectivity index (χ3v) is 7.48. The lowest BCUT2D eigenvalue weighted by molar-refractivity contribution is -0.130. The number of para-hydroxylation sites is 1. The number of amides is 1. The molecule has 2 aliphatic heterocycles. The highest BCUT2D eigenvalue weighted by atomic mass is 32.2. The predicted octanol–water partition coefficient (Wildman–Crippen LogP) is 1.45. The third kappa shape index (κ3) is 3.71. The van der Waals surface area contributed by atoms with E-state index in [1.165, 1.54) is 22.0 Å². The highest BCUT2D eigenvalue weighted by Crippen LogP contribution is 2.27. The van der Waals surface area contributed by atoms with E-state index in [2.05, 4.69) is 11.0 Å². The molecule has 0 unspecified atom stereocenters. The summed E-state index contributed by atoms with van der Waals surface area (Å²) in [5, 5.41) is 9.21. The molecule has 0 atom stereocenters. The Labute approximate surface area is 170 Å². The van der Waals surface area contributed by atoms with Crippen molar-refractivity contribution >= 4 is 21.6 Å². The maximum absolute atomic E-state index is 12.9. The Bertz CT molecular complexity index is 1070. The van der Waals surface area contributed by atoms with Gasteiger partial charge in [-0.3, -0.25) is 4.79 Å². The van der Waals surface area contributed by atoms with Gasteiger partial charge in [0.05, 0.1) is 17.0 Å². The molecule has 0 spiro atoms. The lowest BCUT2D eigenvalue weighted by Gasteiger charge is -2.35. The predicted molar refractivity (Wildman–Crippen MR) is 109 cm³/mol. The summed E-state index contributed by atoms with van der Waals surface area (Å²) < 4.78 is 27.2. The molecule has 0 aliphatic carbocycles. The molecule has 2 aromatic rings. The smallest absolute Gasteiger partial charge is 0.244 e. The van der Waals surface area contributed by atoms with Crippen LogP contribution in [-0.2, 0) is 21.2 Å². The summed E-state index contributed by atoms with van der Waals surface area (Å²) in [7, 11) is -3.75. The molecule has 1 saturated heterocycles. The van der Waals surface area contributed by atoms with Crippen LogP contribution >= 0.6 is 0 Å². The average molecular weight is 410 g/mol. The summed E-state index contributed by atoms with van der Waals surface area (Å²) >= 11 is 0. The normalized spacial score (nSPS) is 17.1. The monoisotopic (exact) mass is 410 g/mol. The van der Waals surface area contributed by atoms with Crippen LogP contribution in [0.4, 0.5) is 5.69 Å². The molecule has 1 fully saturated rings. The molecular weight excluding hydrogens is 388 g/mol. The number of rotatable bonds is 4. The second-order valence-electron chi connectivity index (χ2n) is 7.19. The highest BCUT2D eigenvalue weighted by Gasteiger charge is 2.32. The second kappa shape index (κ2) is 7.85. The van der Waals surface area contributed by atoms with Crippen molar-refractivity contribution in [2.24, 2.45) is 0 Å². The standard InChI is InChI=1S/C21H22N4O3S/c22-15-18-6-2-4-8-20(18)29(27,28)25-13-11-23(12-14-25)21(26)16-24-10-9-17-5-1-3-7-19(17)24/h1-8H,9-14,16H2. The molecule has 2 heterocycles. The highest BCUT2D eigenvalue weighted by molar-refractivity contribution is 7.89. The van der Waals surface area contributed by atoms with Gasteiger partial charge in [-0.15, -0.1) is 0 Å². The minimum Gasteiger partial charge on any atom is -0.362 e. The number of hydrogen-bond acceptors (Lipinski definition) is 5. The first-order chi connectivity index (χ1) is 14.0. The van der Waals surface area contributed by atoms with Gasteiger partial charge in [0.2, 0.25) is 15.9 Å².